The van der Waals surface area contributed by atoms with Gasteiger partial charge in [-0.2, -0.15) is 0 Å². The minimum Gasteiger partial charge on any atom is -0.309 e. The second-order valence-corrected chi connectivity index (χ2v) is 14.2. The lowest BCUT2D eigenvalue weighted by Gasteiger charge is -2.11. The second-order valence-electron chi connectivity index (χ2n) is 14.2. The van der Waals surface area contributed by atoms with Crippen LogP contribution >= 0.6 is 0 Å². The highest BCUT2D eigenvalue weighted by atomic mass is 15.0. The van der Waals surface area contributed by atoms with Crippen molar-refractivity contribution in [3.05, 3.63) is 200 Å². The Morgan fingerprint density at radius 2 is 0.800 bits per heavy atom. The Morgan fingerprint density at radius 3 is 1.47 bits per heavy atom. The smallest absolute Gasteiger partial charge is 0.0979 e. The molecule has 3 heteroatoms. The van der Waals surface area contributed by atoms with Crippen LogP contribution < -0.4 is 0 Å². The third-order valence-electron chi connectivity index (χ3n) is 11.0. The molecule has 0 fully saturated rings. The number of fused-ring (bicyclic) bond motifs is 9. The van der Waals surface area contributed by atoms with Crippen LogP contribution in [-0.4, -0.2) is 14.5 Å². The molecule has 3 nitrogen and oxygen atoms in total. The molecule has 0 amide bonds. The molecule has 0 bridgehead atoms. The largest absolute Gasteiger partial charge is 0.309 e. The Hall–Kier alpha value is -7.36. The molecule has 0 spiro atoms. The van der Waals surface area contributed by atoms with Gasteiger partial charge in [0.2, 0.25) is 0 Å². The van der Waals surface area contributed by atoms with Gasteiger partial charge in [0, 0.05) is 32.8 Å². The summed E-state index contributed by atoms with van der Waals surface area (Å²) in [4.78, 5) is 10.2. The van der Waals surface area contributed by atoms with E-state index in [1.54, 1.807) is 0 Å². The van der Waals surface area contributed by atoms with Crippen LogP contribution in [0, 0.1) is 0 Å². The molecule has 0 aliphatic heterocycles. The van der Waals surface area contributed by atoms with Crippen molar-refractivity contribution in [1.29, 1.82) is 0 Å². The molecular weight excluding hydrogens is 667 g/mol. The maximum Gasteiger partial charge on any atom is 0.0979 e. The molecule has 0 aliphatic rings. The van der Waals surface area contributed by atoms with Gasteiger partial charge in [0.25, 0.3) is 0 Å². The highest BCUT2D eigenvalue weighted by Crippen LogP contribution is 2.37. The Morgan fingerprint density at radius 1 is 0.309 bits per heavy atom. The summed E-state index contributed by atoms with van der Waals surface area (Å²) in [5.74, 6) is 0. The quantitative estimate of drug-likeness (QED) is 0.167. The van der Waals surface area contributed by atoms with Gasteiger partial charge in [-0.25, -0.2) is 4.98 Å². The number of nitrogens with zero attached hydrogens (tertiary/aromatic N) is 3. The minimum atomic E-state index is 0.868. The molecule has 0 saturated heterocycles. The lowest BCUT2D eigenvalue weighted by Crippen LogP contribution is -1.92. The zero-order valence-corrected chi connectivity index (χ0v) is 29.9. The van der Waals surface area contributed by atoms with Crippen LogP contribution in [-0.2, 0) is 0 Å². The summed E-state index contributed by atoms with van der Waals surface area (Å²) in [6.45, 7) is 0. The molecule has 11 aromatic rings. The minimum absolute atomic E-state index is 0.868. The Balaban J connectivity index is 0.922. The van der Waals surface area contributed by atoms with Crippen molar-refractivity contribution in [3.8, 4) is 50.3 Å². The summed E-state index contributed by atoms with van der Waals surface area (Å²) in [5.41, 5.74) is 14.5. The van der Waals surface area contributed by atoms with Crippen LogP contribution in [0.1, 0.15) is 0 Å². The highest BCUT2D eigenvalue weighted by molar-refractivity contribution is 6.23. The highest BCUT2D eigenvalue weighted by Gasteiger charge is 2.15. The zero-order valence-electron chi connectivity index (χ0n) is 29.9. The maximum atomic E-state index is 5.20. The summed E-state index contributed by atoms with van der Waals surface area (Å²) >= 11 is 0. The standard InChI is InChI=1S/C52H33N3/c1-2-16-41(17-3-1)55-49-23-9-8-20-44(49)47-32-40(28-29-50(47)55)39-15-11-14-38(31-39)37-13-10-12-36(30-37)34-24-26-35(27-25-34)48-33-53-51-45-21-6-4-18-42(45)43-19-5-7-22-46(43)52(51)54-48/h1-33H. The maximum absolute atomic E-state index is 5.20. The van der Waals surface area contributed by atoms with Crippen molar-refractivity contribution in [2.45, 2.75) is 0 Å². The van der Waals surface area contributed by atoms with E-state index in [9.17, 15) is 0 Å². The fourth-order valence-electron chi connectivity index (χ4n) is 8.36. The van der Waals surface area contributed by atoms with Gasteiger partial charge >= 0.3 is 0 Å². The van der Waals surface area contributed by atoms with Crippen LogP contribution in [0.15, 0.2) is 200 Å². The lowest BCUT2D eigenvalue weighted by molar-refractivity contribution is 1.18. The van der Waals surface area contributed by atoms with E-state index in [1.165, 1.54) is 66.1 Å². The number of rotatable bonds is 5. The third kappa shape index (κ3) is 5.20. The predicted octanol–water partition coefficient (Wildman–Crippen LogP) is 13.7. The predicted molar refractivity (Wildman–Crippen MR) is 231 cm³/mol. The van der Waals surface area contributed by atoms with Gasteiger partial charge in [0.1, 0.15) is 0 Å². The lowest BCUT2D eigenvalue weighted by atomic mass is 9.95. The molecular formula is C52H33N3. The second kappa shape index (κ2) is 12.6. The molecule has 2 aromatic heterocycles. The van der Waals surface area contributed by atoms with Crippen molar-refractivity contribution in [3.63, 3.8) is 0 Å². The molecule has 0 atom stereocenters. The van der Waals surface area contributed by atoms with Gasteiger partial charge in [0.05, 0.1) is 34.0 Å². The van der Waals surface area contributed by atoms with E-state index in [4.69, 9.17) is 9.97 Å². The zero-order chi connectivity index (χ0) is 36.3. The molecule has 256 valence electrons. The van der Waals surface area contributed by atoms with Crippen molar-refractivity contribution >= 4 is 54.4 Å². The molecule has 2 heterocycles. The van der Waals surface area contributed by atoms with Crippen LogP contribution in [0.3, 0.4) is 0 Å². The Labute approximate surface area is 318 Å². The fraction of sp³-hybridized carbons (Fsp3) is 0. The first-order valence-corrected chi connectivity index (χ1v) is 18.7. The fourth-order valence-corrected chi connectivity index (χ4v) is 8.36. The third-order valence-corrected chi connectivity index (χ3v) is 11.0. The average Bonchev–Trinajstić information content (AvgIpc) is 3.60. The Bertz CT molecular complexity index is 3210. The SMILES string of the molecule is c1ccc(-n2c3ccccc3c3cc(-c4cccc(-c5cccc(-c6ccc(-c7cnc8c9ccccc9c9ccccc9c8n7)cc6)c5)c4)ccc32)cc1. The van der Waals surface area contributed by atoms with E-state index in [2.05, 4.69) is 199 Å². The number of para-hydroxylation sites is 2. The van der Waals surface area contributed by atoms with Crippen LogP contribution in [0.5, 0.6) is 0 Å². The summed E-state index contributed by atoms with van der Waals surface area (Å²) in [5, 5.41) is 7.17. The van der Waals surface area contributed by atoms with Gasteiger partial charge in [0.15, 0.2) is 0 Å². The van der Waals surface area contributed by atoms with E-state index in [0.29, 0.717) is 0 Å². The van der Waals surface area contributed by atoms with E-state index >= 15 is 0 Å². The summed E-state index contributed by atoms with van der Waals surface area (Å²) in [6, 6.07) is 69.6. The average molecular weight is 700 g/mol. The number of hydrogen-bond donors (Lipinski definition) is 0. The molecule has 0 unspecified atom stereocenters. The first-order valence-electron chi connectivity index (χ1n) is 18.7. The van der Waals surface area contributed by atoms with Crippen LogP contribution in [0.4, 0.5) is 0 Å². The van der Waals surface area contributed by atoms with Crippen molar-refractivity contribution in [1.82, 2.24) is 14.5 Å². The molecule has 0 aliphatic carbocycles. The Kier molecular flexibility index (Phi) is 7.17. The number of hydrogen-bond acceptors (Lipinski definition) is 2. The molecule has 11 rings (SSSR count). The van der Waals surface area contributed by atoms with E-state index in [1.807, 2.05) is 6.20 Å². The van der Waals surface area contributed by atoms with Gasteiger partial charge in [-0.1, -0.05) is 152 Å². The van der Waals surface area contributed by atoms with E-state index in [-0.39, 0.29) is 0 Å². The monoisotopic (exact) mass is 699 g/mol. The first kappa shape index (κ1) is 31.2. The van der Waals surface area contributed by atoms with E-state index < -0.39 is 0 Å². The molecule has 55 heavy (non-hydrogen) atoms. The van der Waals surface area contributed by atoms with Crippen LogP contribution in [0.25, 0.3) is 105 Å². The van der Waals surface area contributed by atoms with Gasteiger partial charge in [-0.15, -0.1) is 0 Å². The van der Waals surface area contributed by atoms with Gasteiger partial charge < -0.3 is 4.57 Å². The first-order chi connectivity index (χ1) is 27.3. The summed E-state index contributed by atoms with van der Waals surface area (Å²) in [7, 11) is 0. The molecule has 0 saturated carbocycles. The van der Waals surface area contributed by atoms with Gasteiger partial charge in [-0.3, -0.25) is 4.98 Å². The molecule has 0 N–H and O–H groups in total. The van der Waals surface area contributed by atoms with Crippen LogP contribution in [0.2, 0.25) is 0 Å². The van der Waals surface area contributed by atoms with Gasteiger partial charge in [-0.05, 0) is 86.6 Å². The summed E-state index contributed by atoms with van der Waals surface area (Å²) in [6.07, 6.45) is 1.91. The molecule has 9 aromatic carbocycles. The van der Waals surface area contributed by atoms with Crippen molar-refractivity contribution in [2.75, 3.05) is 0 Å². The normalized spacial score (nSPS) is 11.6. The number of aromatic nitrogens is 3. The summed E-state index contributed by atoms with van der Waals surface area (Å²) < 4.78 is 2.36. The topological polar surface area (TPSA) is 30.7 Å². The number of benzene rings is 9. The van der Waals surface area contributed by atoms with E-state index in [0.717, 1.165) is 38.6 Å². The van der Waals surface area contributed by atoms with Crippen molar-refractivity contribution in [2.24, 2.45) is 0 Å². The molecule has 0 radical (unpaired) electrons. The van der Waals surface area contributed by atoms with Crippen molar-refractivity contribution < 1.29 is 0 Å².